The summed E-state index contributed by atoms with van der Waals surface area (Å²) < 4.78 is 10.3. The summed E-state index contributed by atoms with van der Waals surface area (Å²) in [7, 11) is 0. The molecule has 0 saturated heterocycles. The summed E-state index contributed by atoms with van der Waals surface area (Å²) in [5.41, 5.74) is -1.25. The monoisotopic (exact) mass is 252 g/mol. The molecule has 0 aromatic heterocycles. The van der Waals surface area contributed by atoms with Gasteiger partial charge in [0.1, 0.15) is 12.0 Å². The van der Waals surface area contributed by atoms with Crippen LogP contribution >= 0.6 is 0 Å². The number of nitrogens with one attached hydrogen (secondary N) is 1. The second-order valence-electron chi connectivity index (χ2n) is 4.11. The van der Waals surface area contributed by atoms with Gasteiger partial charge in [-0.05, 0) is 26.3 Å². The van der Waals surface area contributed by atoms with Gasteiger partial charge in [-0.2, -0.15) is 5.26 Å². The third-order valence-corrected chi connectivity index (χ3v) is 2.63. The second kappa shape index (κ2) is 5.54. The molecular formula is C12H16N2O4. The largest absolute Gasteiger partial charge is 0.466 e. The molecule has 0 aromatic carbocycles. The maximum atomic E-state index is 11.8. The fourth-order valence-corrected chi connectivity index (χ4v) is 1.89. The third-order valence-electron chi connectivity index (χ3n) is 2.63. The van der Waals surface area contributed by atoms with Gasteiger partial charge in [0.05, 0.1) is 6.61 Å². The molecule has 0 spiro atoms. The first-order valence-corrected chi connectivity index (χ1v) is 5.67. The van der Waals surface area contributed by atoms with Crippen LogP contribution in [-0.4, -0.2) is 24.2 Å². The van der Waals surface area contributed by atoms with Crippen LogP contribution in [0.15, 0.2) is 11.8 Å². The van der Waals surface area contributed by atoms with Crippen molar-refractivity contribution < 1.29 is 19.1 Å². The minimum Gasteiger partial charge on any atom is -0.466 e. The highest BCUT2D eigenvalue weighted by atomic mass is 16.5. The SMILES string of the molecule is CCOC(=O)[C@@H]1CC=C(C#N)O[C@@]1(C)NC(C)=O. The summed E-state index contributed by atoms with van der Waals surface area (Å²) in [5.74, 6) is -1.38. The Morgan fingerprint density at radius 2 is 2.39 bits per heavy atom. The number of hydrogen-bond donors (Lipinski definition) is 1. The Labute approximate surface area is 106 Å². The highest BCUT2D eigenvalue weighted by Crippen LogP contribution is 2.31. The summed E-state index contributed by atoms with van der Waals surface area (Å²) in [5, 5.41) is 11.4. The maximum Gasteiger partial charge on any atom is 0.315 e. The van der Waals surface area contributed by atoms with Crippen LogP contribution in [0.2, 0.25) is 0 Å². The van der Waals surface area contributed by atoms with Crippen molar-refractivity contribution in [2.45, 2.75) is 32.9 Å². The highest BCUT2D eigenvalue weighted by molar-refractivity contribution is 5.78. The summed E-state index contributed by atoms with van der Waals surface area (Å²) in [6, 6.07) is 1.86. The molecule has 1 aliphatic rings. The fraction of sp³-hybridized carbons (Fsp3) is 0.583. The summed E-state index contributed by atoms with van der Waals surface area (Å²) in [4.78, 5) is 23.0. The molecular weight excluding hydrogens is 236 g/mol. The normalized spacial score (nSPS) is 26.3. The van der Waals surface area contributed by atoms with E-state index < -0.39 is 17.6 Å². The summed E-state index contributed by atoms with van der Waals surface area (Å²) in [6.45, 7) is 4.83. The first-order chi connectivity index (χ1) is 8.42. The molecule has 98 valence electrons. The average molecular weight is 252 g/mol. The molecule has 6 heteroatoms. The van der Waals surface area contributed by atoms with E-state index in [4.69, 9.17) is 14.7 Å². The van der Waals surface area contributed by atoms with Gasteiger partial charge in [0.2, 0.25) is 5.91 Å². The predicted octanol–water partition coefficient (Wildman–Crippen LogP) is 0.846. The van der Waals surface area contributed by atoms with E-state index in [2.05, 4.69) is 5.32 Å². The van der Waals surface area contributed by atoms with E-state index in [0.717, 1.165) is 0 Å². The fourth-order valence-electron chi connectivity index (χ4n) is 1.89. The number of ether oxygens (including phenoxy) is 2. The number of esters is 1. The molecule has 1 N–H and O–H groups in total. The lowest BCUT2D eigenvalue weighted by Crippen LogP contribution is -2.56. The maximum absolute atomic E-state index is 11.8. The van der Waals surface area contributed by atoms with E-state index in [-0.39, 0.29) is 18.3 Å². The van der Waals surface area contributed by atoms with Crippen LogP contribution in [0.4, 0.5) is 0 Å². The Morgan fingerprint density at radius 3 is 2.89 bits per heavy atom. The zero-order valence-electron chi connectivity index (χ0n) is 10.6. The second-order valence-corrected chi connectivity index (χ2v) is 4.11. The van der Waals surface area contributed by atoms with Crippen molar-refractivity contribution in [2.24, 2.45) is 5.92 Å². The zero-order chi connectivity index (χ0) is 13.8. The molecule has 2 atom stereocenters. The van der Waals surface area contributed by atoms with Crippen molar-refractivity contribution in [3.05, 3.63) is 11.8 Å². The van der Waals surface area contributed by atoms with Gasteiger partial charge in [-0.1, -0.05) is 0 Å². The molecule has 1 amide bonds. The number of carbonyl (C=O) groups excluding carboxylic acids is 2. The summed E-state index contributed by atoms with van der Waals surface area (Å²) in [6.07, 6.45) is 1.81. The Bertz CT molecular complexity index is 424. The molecule has 1 heterocycles. The zero-order valence-corrected chi connectivity index (χ0v) is 10.6. The van der Waals surface area contributed by atoms with Crippen LogP contribution in [0.3, 0.4) is 0 Å². The molecule has 0 saturated carbocycles. The minimum atomic E-state index is -1.25. The molecule has 0 bridgehead atoms. The van der Waals surface area contributed by atoms with Crippen molar-refractivity contribution in [3.63, 3.8) is 0 Å². The Morgan fingerprint density at radius 1 is 1.72 bits per heavy atom. The van der Waals surface area contributed by atoms with Crippen molar-refractivity contribution in [1.29, 1.82) is 5.26 Å². The van der Waals surface area contributed by atoms with Crippen LogP contribution in [0, 0.1) is 17.2 Å². The lowest BCUT2D eigenvalue weighted by molar-refractivity contribution is -0.164. The van der Waals surface area contributed by atoms with E-state index in [1.807, 2.05) is 6.07 Å². The summed E-state index contributed by atoms with van der Waals surface area (Å²) >= 11 is 0. The molecule has 0 unspecified atom stereocenters. The van der Waals surface area contributed by atoms with Gasteiger partial charge in [-0.25, -0.2) is 0 Å². The van der Waals surface area contributed by atoms with E-state index in [9.17, 15) is 9.59 Å². The lowest BCUT2D eigenvalue weighted by atomic mass is 9.90. The third kappa shape index (κ3) is 3.00. The first-order valence-electron chi connectivity index (χ1n) is 5.67. The number of nitriles is 1. The molecule has 6 nitrogen and oxygen atoms in total. The van der Waals surface area contributed by atoms with Gasteiger partial charge in [-0.3, -0.25) is 9.59 Å². The van der Waals surface area contributed by atoms with E-state index in [0.29, 0.717) is 6.42 Å². The van der Waals surface area contributed by atoms with E-state index >= 15 is 0 Å². The van der Waals surface area contributed by atoms with Gasteiger partial charge in [-0.15, -0.1) is 0 Å². The average Bonchev–Trinajstić information content (AvgIpc) is 2.27. The van der Waals surface area contributed by atoms with Gasteiger partial charge in [0.25, 0.3) is 0 Å². The Balaban J connectivity index is 2.99. The van der Waals surface area contributed by atoms with E-state index in [1.165, 1.54) is 13.0 Å². The van der Waals surface area contributed by atoms with Crippen LogP contribution in [-0.2, 0) is 19.1 Å². The van der Waals surface area contributed by atoms with Crippen LogP contribution in [0.1, 0.15) is 27.2 Å². The van der Waals surface area contributed by atoms with Crippen LogP contribution in [0.25, 0.3) is 0 Å². The van der Waals surface area contributed by atoms with Crippen LogP contribution < -0.4 is 5.32 Å². The Kier molecular flexibility index (Phi) is 4.32. The van der Waals surface area contributed by atoms with Crippen molar-refractivity contribution >= 4 is 11.9 Å². The van der Waals surface area contributed by atoms with Crippen molar-refractivity contribution in [3.8, 4) is 6.07 Å². The number of rotatable bonds is 3. The first kappa shape index (κ1) is 14.0. The topological polar surface area (TPSA) is 88.4 Å². The molecule has 1 aliphatic heterocycles. The predicted molar refractivity (Wildman–Crippen MR) is 61.7 cm³/mol. The van der Waals surface area contributed by atoms with Crippen molar-refractivity contribution in [2.75, 3.05) is 6.61 Å². The number of amides is 1. The highest BCUT2D eigenvalue weighted by Gasteiger charge is 2.45. The molecule has 1 rings (SSSR count). The standard InChI is InChI=1S/C12H16N2O4/c1-4-17-11(16)10-6-5-9(7-13)18-12(10,3)14-8(2)15/h5,10H,4,6H2,1-3H3,(H,14,15)/t10-,12+/m0/s1. The van der Waals surface area contributed by atoms with Gasteiger partial charge < -0.3 is 14.8 Å². The molecule has 0 radical (unpaired) electrons. The van der Waals surface area contributed by atoms with Gasteiger partial charge in [0.15, 0.2) is 11.5 Å². The number of allylic oxidation sites excluding steroid dienone is 2. The van der Waals surface area contributed by atoms with Crippen LogP contribution in [0.5, 0.6) is 0 Å². The smallest absolute Gasteiger partial charge is 0.315 e. The van der Waals surface area contributed by atoms with E-state index in [1.54, 1.807) is 13.8 Å². The molecule has 18 heavy (non-hydrogen) atoms. The van der Waals surface area contributed by atoms with Crippen molar-refractivity contribution in [1.82, 2.24) is 5.32 Å². The molecule has 0 fully saturated rings. The number of nitrogens with zero attached hydrogens (tertiary/aromatic N) is 1. The number of hydrogen-bond acceptors (Lipinski definition) is 5. The Hall–Kier alpha value is -2.03. The lowest BCUT2D eigenvalue weighted by Gasteiger charge is -2.38. The van der Waals surface area contributed by atoms with Gasteiger partial charge in [0, 0.05) is 6.92 Å². The van der Waals surface area contributed by atoms with Gasteiger partial charge >= 0.3 is 5.97 Å². The molecule has 0 aliphatic carbocycles. The number of carbonyl (C=O) groups is 2. The quantitative estimate of drug-likeness (QED) is 0.752. The minimum absolute atomic E-state index is 0.0896. The molecule has 0 aromatic rings.